The Bertz CT molecular complexity index is 182. The fourth-order valence-electron chi connectivity index (χ4n) is 1.61. The third kappa shape index (κ3) is 3.66. The van der Waals surface area contributed by atoms with Gasteiger partial charge in [0.05, 0.1) is 11.8 Å². The average molecular weight is 199 g/mol. The van der Waals surface area contributed by atoms with Gasteiger partial charge in [0.1, 0.15) is 0 Å². The largest absolute Gasteiger partial charge is 0.411 e. The van der Waals surface area contributed by atoms with Crippen molar-refractivity contribution in [2.24, 2.45) is 11.1 Å². The van der Waals surface area contributed by atoms with Crippen molar-refractivity contribution in [1.82, 2.24) is 0 Å². The Morgan fingerprint density at radius 2 is 2.14 bits per heavy atom. The van der Waals surface area contributed by atoms with Gasteiger partial charge < -0.3 is 9.94 Å². The number of oxime groups is 1. The van der Waals surface area contributed by atoms with Crippen molar-refractivity contribution in [3.63, 3.8) is 0 Å². The molecule has 1 aliphatic rings. The van der Waals surface area contributed by atoms with Crippen LogP contribution in [0.1, 0.15) is 46.0 Å². The van der Waals surface area contributed by atoms with E-state index in [-0.39, 0.29) is 0 Å². The molecule has 1 aliphatic carbocycles. The average Bonchev–Trinajstić information content (AvgIpc) is 2.26. The van der Waals surface area contributed by atoms with E-state index in [1.165, 1.54) is 6.42 Å². The van der Waals surface area contributed by atoms with Crippen LogP contribution in [0.4, 0.5) is 0 Å². The van der Waals surface area contributed by atoms with Crippen LogP contribution in [0.15, 0.2) is 5.16 Å². The van der Waals surface area contributed by atoms with Gasteiger partial charge in [-0.25, -0.2) is 0 Å². The van der Waals surface area contributed by atoms with Crippen LogP contribution < -0.4 is 0 Å². The third-order valence-corrected chi connectivity index (χ3v) is 2.96. The van der Waals surface area contributed by atoms with Crippen LogP contribution in [-0.4, -0.2) is 23.6 Å². The highest BCUT2D eigenvalue weighted by molar-refractivity contribution is 5.84. The molecule has 0 aromatic carbocycles. The molecule has 0 amide bonds. The Morgan fingerprint density at radius 1 is 1.50 bits per heavy atom. The molecule has 0 heterocycles. The molecule has 1 saturated carbocycles. The summed E-state index contributed by atoms with van der Waals surface area (Å²) in [5.74, 6) is 0.655. The lowest BCUT2D eigenvalue weighted by Gasteiger charge is -2.24. The second kappa shape index (κ2) is 6.02. The second-order valence-corrected chi connectivity index (χ2v) is 4.21. The molecule has 3 nitrogen and oxygen atoms in total. The fourth-order valence-corrected chi connectivity index (χ4v) is 1.61. The minimum absolute atomic E-state index is 0.384. The van der Waals surface area contributed by atoms with Crippen molar-refractivity contribution < 1.29 is 9.94 Å². The van der Waals surface area contributed by atoms with Crippen LogP contribution in [-0.2, 0) is 4.74 Å². The second-order valence-electron chi connectivity index (χ2n) is 4.21. The van der Waals surface area contributed by atoms with Crippen LogP contribution >= 0.6 is 0 Å². The summed E-state index contributed by atoms with van der Waals surface area (Å²) >= 11 is 0. The Morgan fingerprint density at radius 3 is 2.64 bits per heavy atom. The molecule has 0 saturated heterocycles. The highest BCUT2D eigenvalue weighted by atomic mass is 16.5. The van der Waals surface area contributed by atoms with Gasteiger partial charge in [-0.2, -0.15) is 0 Å². The zero-order chi connectivity index (χ0) is 10.4. The minimum atomic E-state index is 0.384. The fraction of sp³-hybridized carbons (Fsp3) is 0.909. The molecule has 0 aliphatic heterocycles. The lowest BCUT2D eigenvalue weighted by Crippen LogP contribution is -2.23. The van der Waals surface area contributed by atoms with Gasteiger partial charge in [0, 0.05) is 6.61 Å². The van der Waals surface area contributed by atoms with E-state index in [4.69, 9.17) is 9.94 Å². The molecule has 1 fully saturated rings. The first-order valence-electron chi connectivity index (χ1n) is 5.57. The maximum Gasteiger partial charge on any atom is 0.0582 e. The van der Waals surface area contributed by atoms with E-state index in [0.717, 1.165) is 38.0 Å². The standard InChI is InChI=1S/C11H21NO2/c1-3-9(2)8-14-11-6-4-10(12-13)5-7-11/h9,11,13H,3-8H2,1-2H3. The van der Waals surface area contributed by atoms with Gasteiger partial charge in [0.25, 0.3) is 0 Å². The maximum atomic E-state index is 8.58. The van der Waals surface area contributed by atoms with E-state index in [9.17, 15) is 0 Å². The molecule has 0 radical (unpaired) electrons. The zero-order valence-corrected chi connectivity index (χ0v) is 9.20. The summed E-state index contributed by atoms with van der Waals surface area (Å²) in [5.41, 5.74) is 0.924. The van der Waals surface area contributed by atoms with E-state index in [1.54, 1.807) is 0 Å². The molecular formula is C11H21NO2. The lowest BCUT2D eigenvalue weighted by atomic mass is 9.96. The first-order chi connectivity index (χ1) is 6.76. The number of hydrogen-bond donors (Lipinski definition) is 1. The van der Waals surface area contributed by atoms with Crippen molar-refractivity contribution in [2.75, 3.05) is 6.61 Å². The molecule has 0 bridgehead atoms. The van der Waals surface area contributed by atoms with Crippen LogP contribution in [0, 0.1) is 5.92 Å². The summed E-state index contributed by atoms with van der Waals surface area (Å²) < 4.78 is 5.79. The van der Waals surface area contributed by atoms with Crippen molar-refractivity contribution in [1.29, 1.82) is 0 Å². The molecule has 82 valence electrons. The highest BCUT2D eigenvalue weighted by Gasteiger charge is 2.18. The molecule has 3 heteroatoms. The molecule has 0 spiro atoms. The summed E-state index contributed by atoms with van der Waals surface area (Å²) in [6.45, 7) is 5.27. The molecule has 1 rings (SSSR count). The zero-order valence-electron chi connectivity index (χ0n) is 9.20. The number of hydrogen-bond acceptors (Lipinski definition) is 3. The SMILES string of the molecule is CCC(C)COC1CCC(=NO)CC1. The van der Waals surface area contributed by atoms with Gasteiger partial charge in [-0.1, -0.05) is 25.4 Å². The van der Waals surface area contributed by atoms with E-state index in [1.807, 2.05) is 0 Å². The van der Waals surface area contributed by atoms with E-state index in [0.29, 0.717) is 12.0 Å². The number of nitrogens with zero attached hydrogens (tertiary/aromatic N) is 1. The molecular weight excluding hydrogens is 178 g/mol. The minimum Gasteiger partial charge on any atom is -0.411 e. The van der Waals surface area contributed by atoms with Crippen molar-refractivity contribution in [2.45, 2.75) is 52.1 Å². The molecule has 1 atom stereocenters. The van der Waals surface area contributed by atoms with Crippen molar-refractivity contribution in [3.05, 3.63) is 0 Å². The number of ether oxygens (including phenoxy) is 1. The van der Waals surface area contributed by atoms with E-state index in [2.05, 4.69) is 19.0 Å². The van der Waals surface area contributed by atoms with Gasteiger partial charge in [0.15, 0.2) is 0 Å². The van der Waals surface area contributed by atoms with Gasteiger partial charge in [0.2, 0.25) is 0 Å². The molecule has 14 heavy (non-hydrogen) atoms. The predicted octanol–water partition coefficient (Wildman–Crippen LogP) is 2.82. The Labute approximate surface area is 86.1 Å². The van der Waals surface area contributed by atoms with Crippen LogP contribution in [0.3, 0.4) is 0 Å². The van der Waals surface area contributed by atoms with Crippen molar-refractivity contribution in [3.8, 4) is 0 Å². The smallest absolute Gasteiger partial charge is 0.0582 e. The van der Waals surface area contributed by atoms with Crippen LogP contribution in [0.25, 0.3) is 0 Å². The van der Waals surface area contributed by atoms with Crippen LogP contribution in [0.5, 0.6) is 0 Å². The molecule has 0 aromatic heterocycles. The third-order valence-electron chi connectivity index (χ3n) is 2.96. The first-order valence-corrected chi connectivity index (χ1v) is 5.57. The van der Waals surface area contributed by atoms with Crippen LogP contribution in [0.2, 0.25) is 0 Å². The Balaban J connectivity index is 2.16. The topological polar surface area (TPSA) is 41.8 Å². The molecule has 0 aromatic rings. The van der Waals surface area contributed by atoms with E-state index >= 15 is 0 Å². The molecule has 1 unspecified atom stereocenters. The lowest BCUT2D eigenvalue weighted by molar-refractivity contribution is 0.0201. The quantitative estimate of drug-likeness (QED) is 0.558. The van der Waals surface area contributed by atoms with Gasteiger partial charge in [-0.05, 0) is 31.6 Å². The predicted molar refractivity (Wildman–Crippen MR) is 56.9 cm³/mol. The highest BCUT2D eigenvalue weighted by Crippen LogP contribution is 2.19. The first kappa shape index (κ1) is 11.5. The van der Waals surface area contributed by atoms with Gasteiger partial charge in [-0.3, -0.25) is 0 Å². The summed E-state index contributed by atoms with van der Waals surface area (Å²) in [4.78, 5) is 0. The van der Waals surface area contributed by atoms with Gasteiger partial charge in [-0.15, -0.1) is 0 Å². The summed E-state index contributed by atoms with van der Waals surface area (Å²) in [5, 5.41) is 11.8. The monoisotopic (exact) mass is 199 g/mol. The summed E-state index contributed by atoms with van der Waals surface area (Å²) in [7, 11) is 0. The molecule has 1 N–H and O–H groups in total. The van der Waals surface area contributed by atoms with Crippen molar-refractivity contribution >= 4 is 5.71 Å². The Kier molecular flexibility index (Phi) is 4.94. The number of rotatable bonds is 4. The Hall–Kier alpha value is -0.570. The van der Waals surface area contributed by atoms with E-state index < -0.39 is 0 Å². The van der Waals surface area contributed by atoms with Gasteiger partial charge >= 0.3 is 0 Å². The maximum absolute atomic E-state index is 8.58. The summed E-state index contributed by atoms with van der Waals surface area (Å²) in [6.07, 6.45) is 5.36. The normalized spacial score (nSPS) is 24.7. The summed E-state index contributed by atoms with van der Waals surface area (Å²) in [6, 6.07) is 0.